The lowest BCUT2D eigenvalue weighted by atomic mass is 10.0. The Hall–Kier alpha value is -2.14. The molecule has 2 aromatic rings. The van der Waals surface area contributed by atoms with Crippen molar-refractivity contribution in [1.29, 1.82) is 0 Å². The maximum atomic E-state index is 12.4. The van der Waals surface area contributed by atoms with E-state index in [1.165, 1.54) is 5.56 Å². The van der Waals surface area contributed by atoms with Gasteiger partial charge in [0.15, 0.2) is 0 Å². The van der Waals surface area contributed by atoms with Gasteiger partial charge in [-0.3, -0.25) is 14.8 Å². The van der Waals surface area contributed by atoms with E-state index in [0.717, 1.165) is 25.2 Å². The molecule has 1 atom stereocenters. The minimum atomic E-state index is -0.117. The first-order chi connectivity index (χ1) is 12.0. The lowest BCUT2D eigenvalue weighted by Crippen LogP contribution is -2.45. The van der Waals surface area contributed by atoms with Gasteiger partial charge in [-0.25, -0.2) is 0 Å². The lowest BCUT2D eigenvalue weighted by Gasteiger charge is -2.30. The Balaban J connectivity index is 2.01. The number of hydrogen-bond donors (Lipinski definition) is 2. The topological polar surface area (TPSA) is 61.0 Å². The molecule has 0 radical (unpaired) electrons. The van der Waals surface area contributed by atoms with E-state index in [0.29, 0.717) is 18.2 Å². The molecule has 0 saturated heterocycles. The third-order valence-electron chi connectivity index (χ3n) is 4.59. The predicted molar refractivity (Wildman–Crippen MR) is 102 cm³/mol. The Labute approximate surface area is 150 Å². The number of nitrogens with zero attached hydrogens (tertiary/aromatic N) is 2. The number of rotatable bonds is 9. The molecule has 0 saturated carbocycles. The zero-order valence-electron chi connectivity index (χ0n) is 15.7. The molecule has 1 aromatic carbocycles. The summed E-state index contributed by atoms with van der Waals surface area (Å²) in [5, 5.41) is 10.1. The highest BCUT2D eigenvalue weighted by Crippen LogP contribution is 2.12. The van der Waals surface area contributed by atoms with Crippen LogP contribution >= 0.6 is 0 Å². The van der Waals surface area contributed by atoms with Crippen LogP contribution in [0.1, 0.15) is 55.4 Å². The Bertz CT molecular complexity index is 647. The molecule has 1 amide bonds. The number of H-pyrrole nitrogens is 1. The Morgan fingerprint density at radius 2 is 1.88 bits per heavy atom. The van der Waals surface area contributed by atoms with Crippen LogP contribution in [0.15, 0.2) is 36.4 Å². The van der Waals surface area contributed by atoms with E-state index in [1.807, 2.05) is 12.1 Å². The van der Waals surface area contributed by atoms with E-state index >= 15 is 0 Å². The smallest absolute Gasteiger partial charge is 0.271 e. The second-order valence-corrected chi connectivity index (χ2v) is 6.64. The summed E-state index contributed by atoms with van der Waals surface area (Å²) in [6.07, 6.45) is 0.917. The summed E-state index contributed by atoms with van der Waals surface area (Å²) in [5.74, 6) is 0.212. The first kappa shape index (κ1) is 19.2. The number of nitrogens with one attached hydrogen (secondary N) is 2. The van der Waals surface area contributed by atoms with Gasteiger partial charge in [-0.15, -0.1) is 0 Å². The van der Waals surface area contributed by atoms with Crippen molar-refractivity contribution in [3.63, 3.8) is 0 Å². The van der Waals surface area contributed by atoms with Crippen LogP contribution in [0.3, 0.4) is 0 Å². The molecule has 0 bridgehead atoms. The Kier molecular flexibility index (Phi) is 7.19. The third kappa shape index (κ3) is 5.43. The highest BCUT2D eigenvalue weighted by molar-refractivity contribution is 5.92. The van der Waals surface area contributed by atoms with Crippen molar-refractivity contribution in [3.05, 3.63) is 53.3 Å². The second kappa shape index (κ2) is 9.37. The van der Waals surface area contributed by atoms with Crippen molar-refractivity contribution in [2.45, 2.75) is 46.1 Å². The molecule has 1 unspecified atom stereocenters. The van der Waals surface area contributed by atoms with Gasteiger partial charge in [0.2, 0.25) is 0 Å². The highest BCUT2D eigenvalue weighted by Gasteiger charge is 2.19. The van der Waals surface area contributed by atoms with Crippen LogP contribution in [0.4, 0.5) is 0 Å². The van der Waals surface area contributed by atoms with Crippen LogP contribution in [-0.4, -0.2) is 46.7 Å². The molecular formula is C20H30N4O. The zero-order chi connectivity index (χ0) is 18.2. The number of aromatic amines is 1. The molecule has 1 aromatic heterocycles. The van der Waals surface area contributed by atoms with Crippen molar-refractivity contribution >= 4 is 5.91 Å². The summed E-state index contributed by atoms with van der Waals surface area (Å²) in [5.41, 5.74) is 2.73. The van der Waals surface area contributed by atoms with Crippen LogP contribution in [-0.2, 0) is 6.42 Å². The standard InChI is InChI=1S/C20H30N4O/c1-5-24(6-2)17(12-16-10-8-7-9-11-16)14-21-20(25)19-13-18(15(3)4)22-23-19/h7-11,13,15,17H,5-6,12,14H2,1-4H3,(H,21,25)(H,22,23). The van der Waals surface area contributed by atoms with Gasteiger partial charge in [0, 0.05) is 18.3 Å². The molecule has 0 aliphatic heterocycles. The highest BCUT2D eigenvalue weighted by atomic mass is 16.1. The number of aromatic nitrogens is 2. The van der Waals surface area contributed by atoms with Crippen LogP contribution in [0.5, 0.6) is 0 Å². The average Bonchev–Trinajstić information content (AvgIpc) is 3.11. The number of likely N-dealkylation sites (N-methyl/N-ethyl adjacent to an activating group) is 1. The van der Waals surface area contributed by atoms with Gasteiger partial charge in [-0.1, -0.05) is 58.0 Å². The summed E-state index contributed by atoms with van der Waals surface area (Å²) < 4.78 is 0. The zero-order valence-corrected chi connectivity index (χ0v) is 15.7. The quantitative estimate of drug-likeness (QED) is 0.735. The molecule has 5 nitrogen and oxygen atoms in total. The maximum absolute atomic E-state index is 12.4. The molecule has 0 aliphatic rings. The minimum absolute atomic E-state index is 0.117. The molecule has 0 aliphatic carbocycles. The maximum Gasteiger partial charge on any atom is 0.271 e. The first-order valence-electron chi connectivity index (χ1n) is 9.16. The van der Waals surface area contributed by atoms with E-state index in [2.05, 4.69) is 72.4 Å². The van der Waals surface area contributed by atoms with Gasteiger partial charge < -0.3 is 5.32 Å². The number of hydrogen-bond acceptors (Lipinski definition) is 3. The second-order valence-electron chi connectivity index (χ2n) is 6.64. The van der Waals surface area contributed by atoms with Crippen LogP contribution in [0, 0.1) is 0 Å². The molecule has 25 heavy (non-hydrogen) atoms. The molecule has 2 N–H and O–H groups in total. The Morgan fingerprint density at radius 1 is 1.20 bits per heavy atom. The fourth-order valence-electron chi connectivity index (χ4n) is 3.01. The molecule has 0 fully saturated rings. The minimum Gasteiger partial charge on any atom is -0.349 e. The number of amides is 1. The molecule has 136 valence electrons. The number of benzene rings is 1. The first-order valence-corrected chi connectivity index (χ1v) is 9.16. The van der Waals surface area contributed by atoms with Crippen LogP contribution in [0.25, 0.3) is 0 Å². The Morgan fingerprint density at radius 3 is 2.44 bits per heavy atom. The summed E-state index contributed by atoms with van der Waals surface area (Å²) in [6, 6.07) is 12.5. The summed E-state index contributed by atoms with van der Waals surface area (Å²) in [4.78, 5) is 14.8. The van der Waals surface area contributed by atoms with E-state index in [4.69, 9.17) is 0 Å². The normalized spacial score (nSPS) is 12.6. The number of carbonyl (C=O) groups is 1. The van der Waals surface area contributed by atoms with E-state index < -0.39 is 0 Å². The molecule has 1 heterocycles. The van der Waals surface area contributed by atoms with Crippen LogP contribution < -0.4 is 5.32 Å². The predicted octanol–water partition coefficient (Wildman–Crippen LogP) is 3.22. The van der Waals surface area contributed by atoms with Gasteiger partial charge >= 0.3 is 0 Å². The molecule has 0 spiro atoms. The molecule has 2 rings (SSSR count). The lowest BCUT2D eigenvalue weighted by molar-refractivity contribution is 0.0929. The third-order valence-corrected chi connectivity index (χ3v) is 4.59. The van der Waals surface area contributed by atoms with Gasteiger partial charge in [-0.2, -0.15) is 5.10 Å². The van der Waals surface area contributed by atoms with Crippen LogP contribution in [0.2, 0.25) is 0 Å². The van der Waals surface area contributed by atoms with Gasteiger partial charge in [0.1, 0.15) is 5.69 Å². The van der Waals surface area contributed by atoms with Crippen molar-refractivity contribution < 1.29 is 4.79 Å². The van der Waals surface area contributed by atoms with Gasteiger partial charge in [0.25, 0.3) is 5.91 Å². The van der Waals surface area contributed by atoms with Crippen molar-refractivity contribution in [3.8, 4) is 0 Å². The van der Waals surface area contributed by atoms with E-state index in [9.17, 15) is 4.79 Å². The fourth-order valence-corrected chi connectivity index (χ4v) is 3.01. The van der Waals surface area contributed by atoms with Crippen molar-refractivity contribution in [1.82, 2.24) is 20.4 Å². The average molecular weight is 342 g/mol. The van der Waals surface area contributed by atoms with Crippen molar-refractivity contribution in [2.24, 2.45) is 0 Å². The molecule has 5 heteroatoms. The summed E-state index contributed by atoms with van der Waals surface area (Å²) >= 11 is 0. The summed E-state index contributed by atoms with van der Waals surface area (Å²) in [6.45, 7) is 11.0. The molecular weight excluding hydrogens is 312 g/mol. The summed E-state index contributed by atoms with van der Waals surface area (Å²) in [7, 11) is 0. The van der Waals surface area contributed by atoms with E-state index in [-0.39, 0.29) is 11.9 Å². The van der Waals surface area contributed by atoms with Crippen molar-refractivity contribution in [2.75, 3.05) is 19.6 Å². The monoisotopic (exact) mass is 342 g/mol. The van der Waals surface area contributed by atoms with Gasteiger partial charge in [-0.05, 0) is 37.1 Å². The van der Waals surface area contributed by atoms with E-state index in [1.54, 1.807) is 0 Å². The number of carbonyl (C=O) groups excluding carboxylic acids is 1. The fraction of sp³-hybridized carbons (Fsp3) is 0.500. The largest absolute Gasteiger partial charge is 0.349 e. The van der Waals surface area contributed by atoms with Gasteiger partial charge in [0.05, 0.1) is 0 Å². The SMILES string of the molecule is CCN(CC)C(CNC(=O)c1cc(C(C)C)[nH]n1)Cc1ccccc1.